The number of carbonyl (C=O) groups is 1. The fraction of sp³-hybridized carbons (Fsp3) is 0.214. The Morgan fingerprint density at radius 1 is 1.30 bits per heavy atom. The molecular weight excluding hydrogens is 272 g/mol. The molecule has 20 heavy (non-hydrogen) atoms. The quantitative estimate of drug-likeness (QED) is 0.667. The molecule has 0 spiro atoms. The van der Waals surface area contributed by atoms with Crippen molar-refractivity contribution in [2.45, 2.75) is 24.3 Å². The van der Waals surface area contributed by atoms with E-state index in [0.717, 1.165) is 11.4 Å². The van der Waals surface area contributed by atoms with Crippen LogP contribution in [0.2, 0.25) is 0 Å². The largest absolute Gasteiger partial charge is 0.384 e. The van der Waals surface area contributed by atoms with Gasteiger partial charge in [0.05, 0.1) is 5.25 Å². The number of hydrogen-bond acceptors (Lipinski definition) is 5. The van der Waals surface area contributed by atoms with Crippen molar-refractivity contribution in [3.8, 4) is 0 Å². The summed E-state index contributed by atoms with van der Waals surface area (Å²) in [6, 6.07) is 11.0. The van der Waals surface area contributed by atoms with Crippen LogP contribution in [0.15, 0.2) is 41.6 Å². The summed E-state index contributed by atoms with van der Waals surface area (Å²) in [6.45, 7) is 3.65. The van der Waals surface area contributed by atoms with Gasteiger partial charge in [-0.05, 0) is 26.0 Å². The number of aryl methyl sites for hydroxylation is 1. The number of anilines is 2. The number of para-hydroxylation sites is 1. The molecule has 0 radical (unpaired) electrons. The molecule has 1 atom stereocenters. The lowest BCUT2D eigenvalue weighted by atomic mass is 10.3. The Balaban J connectivity index is 2.00. The van der Waals surface area contributed by atoms with E-state index in [2.05, 4.69) is 15.3 Å². The number of nitrogens with zero attached hydrogens (tertiary/aromatic N) is 2. The Morgan fingerprint density at radius 3 is 2.65 bits per heavy atom. The molecule has 0 aliphatic carbocycles. The van der Waals surface area contributed by atoms with Gasteiger partial charge in [0, 0.05) is 17.4 Å². The van der Waals surface area contributed by atoms with Crippen molar-refractivity contribution in [3.63, 3.8) is 0 Å². The summed E-state index contributed by atoms with van der Waals surface area (Å²) in [6.07, 6.45) is 0. The van der Waals surface area contributed by atoms with Crippen LogP contribution in [-0.2, 0) is 4.79 Å². The van der Waals surface area contributed by atoms with Gasteiger partial charge in [-0.2, -0.15) is 0 Å². The van der Waals surface area contributed by atoms with Crippen LogP contribution in [0.5, 0.6) is 0 Å². The molecule has 0 aliphatic rings. The van der Waals surface area contributed by atoms with E-state index >= 15 is 0 Å². The van der Waals surface area contributed by atoms with Gasteiger partial charge in [0.25, 0.3) is 0 Å². The first-order valence-corrected chi connectivity index (χ1v) is 7.06. The summed E-state index contributed by atoms with van der Waals surface area (Å²) in [7, 11) is 0. The van der Waals surface area contributed by atoms with Crippen molar-refractivity contribution < 1.29 is 4.79 Å². The molecule has 0 aliphatic heterocycles. The average Bonchev–Trinajstić information content (AvgIpc) is 2.38. The van der Waals surface area contributed by atoms with Gasteiger partial charge in [0.2, 0.25) is 5.91 Å². The third kappa shape index (κ3) is 3.96. The molecule has 6 heteroatoms. The Bertz CT molecular complexity index is 583. The van der Waals surface area contributed by atoms with Crippen LogP contribution >= 0.6 is 11.8 Å². The zero-order valence-electron chi connectivity index (χ0n) is 11.3. The highest BCUT2D eigenvalue weighted by Gasteiger charge is 2.16. The molecule has 1 amide bonds. The lowest BCUT2D eigenvalue weighted by Gasteiger charge is -2.11. The first-order chi connectivity index (χ1) is 9.54. The second kappa shape index (κ2) is 6.38. The third-order valence-electron chi connectivity index (χ3n) is 2.55. The molecule has 0 saturated heterocycles. The number of nitrogens with two attached hydrogens (primary N) is 1. The molecule has 0 bridgehead atoms. The van der Waals surface area contributed by atoms with Crippen molar-refractivity contribution in [3.05, 3.63) is 42.1 Å². The number of hydrogen-bond donors (Lipinski definition) is 2. The number of thioether (sulfide) groups is 1. The van der Waals surface area contributed by atoms with Crippen LogP contribution in [0.25, 0.3) is 0 Å². The maximum atomic E-state index is 12.1. The number of carbonyl (C=O) groups excluding carboxylic acids is 1. The smallest absolute Gasteiger partial charge is 0.237 e. The lowest BCUT2D eigenvalue weighted by Crippen LogP contribution is -2.22. The van der Waals surface area contributed by atoms with Gasteiger partial charge in [0.15, 0.2) is 5.16 Å². The normalized spacial score (nSPS) is 11.9. The fourth-order valence-corrected chi connectivity index (χ4v) is 2.43. The first kappa shape index (κ1) is 14.3. The topological polar surface area (TPSA) is 80.9 Å². The molecule has 5 nitrogen and oxygen atoms in total. The summed E-state index contributed by atoms with van der Waals surface area (Å²) in [5, 5.41) is 3.05. The Morgan fingerprint density at radius 2 is 2.00 bits per heavy atom. The molecule has 1 aromatic carbocycles. The van der Waals surface area contributed by atoms with Gasteiger partial charge in [0.1, 0.15) is 5.82 Å². The highest BCUT2D eigenvalue weighted by atomic mass is 32.2. The number of nitrogens with one attached hydrogen (secondary N) is 1. The van der Waals surface area contributed by atoms with E-state index in [4.69, 9.17) is 5.73 Å². The molecule has 3 N–H and O–H groups in total. The van der Waals surface area contributed by atoms with Gasteiger partial charge in [-0.1, -0.05) is 30.0 Å². The first-order valence-electron chi connectivity index (χ1n) is 6.18. The number of rotatable bonds is 4. The molecule has 0 fully saturated rings. The monoisotopic (exact) mass is 288 g/mol. The molecule has 2 aromatic rings. The summed E-state index contributed by atoms with van der Waals surface area (Å²) >= 11 is 1.28. The molecule has 2 rings (SSSR count). The molecule has 0 saturated carbocycles. The van der Waals surface area contributed by atoms with Crippen molar-refractivity contribution in [2.24, 2.45) is 0 Å². The predicted octanol–water partition coefficient (Wildman–Crippen LogP) is 2.49. The fourth-order valence-electron chi connectivity index (χ4n) is 1.59. The lowest BCUT2D eigenvalue weighted by molar-refractivity contribution is -0.115. The maximum absolute atomic E-state index is 12.1. The number of aromatic nitrogens is 2. The van der Waals surface area contributed by atoms with Crippen LogP contribution in [-0.4, -0.2) is 21.1 Å². The van der Waals surface area contributed by atoms with Crippen molar-refractivity contribution in [1.29, 1.82) is 0 Å². The highest BCUT2D eigenvalue weighted by Crippen LogP contribution is 2.21. The summed E-state index contributed by atoms with van der Waals surface area (Å²) in [5.41, 5.74) is 7.23. The van der Waals surface area contributed by atoms with Gasteiger partial charge < -0.3 is 11.1 Å². The molecule has 104 valence electrons. The Labute approximate surface area is 122 Å². The average molecular weight is 288 g/mol. The summed E-state index contributed by atoms with van der Waals surface area (Å²) in [5.74, 6) is 0.320. The Kier molecular flexibility index (Phi) is 4.57. The summed E-state index contributed by atoms with van der Waals surface area (Å²) < 4.78 is 0. The van der Waals surface area contributed by atoms with E-state index in [1.54, 1.807) is 6.07 Å². The number of nitrogen functional groups attached to an aromatic ring is 1. The Hall–Kier alpha value is -2.08. The number of amides is 1. The minimum atomic E-state index is -0.309. The highest BCUT2D eigenvalue weighted by molar-refractivity contribution is 8.00. The van der Waals surface area contributed by atoms with Crippen molar-refractivity contribution in [2.75, 3.05) is 11.1 Å². The summed E-state index contributed by atoms with van der Waals surface area (Å²) in [4.78, 5) is 20.4. The van der Waals surface area contributed by atoms with E-state index in [-0.39, 0.29) is 11.2 Å². The molecule has 1 heterocycles. The van der Waals surface area contributed by atoms with E-state index < -0.39 is 0 Å². The predicted molar refractivity (Wildman–Crippen MR) is 81.6 cm³/mol. The standard InChI is InChI=1S/C14H16N4OS/c1-9-8-12(15)18-14(16-9)20-10(2)13(19)17-11-6-4-3-5-7-11/h3-8,10H,1-2H3,(H,17,19)(H2,15,16,18). The van der Waals surface area contributed by atoms with Gasteiger partial charge in [-0.25, -0.2) is 9.97 Å². The van der Waals surface area contributed by atoms with Crippen molar-refractivity contribution in [1.82, 2.24) is 9.97 Å². The minimum absolute atomic E-state index is 0.0927. The molecular formula is C14H16N4OS. The SMILES string of the molecule is Cc1cc(N)nc(SC(C)C(=O)Nc2ccccc2)n1. The van der Waals surface area contributed by atoms with Crippen LogP contribution in [0.4, 0.5) is 11.5 Å². The van der Waals surface area contributed by atoms with Gasteiger partial charge in [-0.15, -0.1) is 0 Å². The molecule has 1 unspecified atom stereocenters. The minimum Gasteiger partial charge on any atom is -0.384 e. The zero-order chi connectivity index (χ0) is 14.5. The maximum Gasteiger partial charge on any atom is 0.237 e. The zero-order valence-corrected chi connectivity index (χ0v) is 12.1. The van der Waals surface area contributed by atoms with E-state index in [0.29, 0.717) is 11.0 Å². The van der Waals surface area contributed by atoms with Gasteiger partial charge >= 0.3 is 0 Å². The van der Waals surface area contributed by atoms with Crippen LogP contribution in [0.1, 0.15) is 12.6 Å². The van der Waals surface area contributed by atoms with Crippen LogP contribution in [0, 0.1) is 6.92 Å². The van der Waals surface area contributed by atoms with Crippen LogP contribution < -0.4 is 11.1 Å². The van der Waals surface area contributed by atoms with Crippen molar-refractivity contribution >= 4 is 29.2 Å². The van der Waals surface area contributed by atoms with Gasteiger partial charge in [-0.3, -0.25) is 4.79 Å². The molecule has 1 aromatic heterocycles. The number of benzene rings is 1. The second-order valence-corrected chi connectivity index (χ2v) is 5.64. The third-order valence-corrected chi connectivity index (χ3v) is 3.51. The van der Waals surface area contributed by atoms with E-state index in [9.17, 15) is 4.79 Å². The van der Waals surface area contributed by atoms with Crippen LogP contribution in [0.3, 0.4) is 0 Å². The second-order valence-electron chi connectivity index (χ2n) is 4.33. The van der Waals surface area contributed by atoms with E-state index in [1.807, 2.05) is 44.2 Å². The van der Waals surface area contributed by atoms with E-state index in [1.165, 1.54) is 11.8 Å².